The van der Waals surface area contributed by atoms with Crippen molar-refractivity contribution in [3.8, 4) is 17.2 Å². The standard InChI is InChI=1S/C30H33N3O9/c1-40-28-19-7-4-9-21-15-26(32(36)37)17-23(29(21)41-2)11-6-12-24-18-27(33(38)39)16-22(30(24)42-3)10-5-8-20(28)14-25(13-19)31(34)35/h13-18H,4-12H2,1-3H3. The van der Waals surface area contributed by atoms with Crippen LogP contribution >= 0.6 is 0 Å². The molecule has 0 aromatic heterocycles. The topological polar surface area (TPSA) is 157 Å². The molecule has 0 fully saturated rings. The number of hydrogen-bond donors (Lipinski definition) is 0. The second-order valence-corrected chi connectivity index (χ2v) is 10.2. The van der Waals surface area contributed by atoms with Crippen LogP contribution in [-0.2, 0) is 38.5 Å². The van der Waals surface area contributed by atoms with Gasteiger partial charge < -0.3 is 14.2 Å². The smallest absolute Gasteiger partial charge is 0.270 e. The van der Waals surface area contributed by atoms with Crippen molar-refractivity contribution in [3.63, 3.8) is 0 Å². The van der Waals surface area contributed by atoms with Crippen LogP contribution in [0.2, 0.25) is 0 Å². The lowest BCUT2D eigenvalue weighted by Crippen LogP contribution is -2.06. The van der Waals surface area contributed by atoms with E-state index in [0.717, 1.165) is 0 Å². The highest BCUT2D eigenvalue weighted by Crippen LogP contribution is 2.37. The summed E-state index contributed by atoms with van der Waals surface area (Å²) in [7, 11) is 4.56. The van der Waals surface area contributed by atoms with Gasteiger partial charge >= 0.3 is 0 Å². The number of nitrogens with zero attached hydrogens (tertiary/aromatic N) is 3. The van der Waals surface area contributed by atoms with Gasteiger partial charge in [-0.15, -0.1) is 0 Å². The predicted molar refractivity (Wildman–Crippen MR) is 155 cm³/mol. The lowest BCUT2D eigenvalue weighted by molar-refractivity contribution is -0.385. The summed E-state index contributed by atoms with van der Waals surface area (Å²) >= 11 is 0. The molecule has 3 aromatic carbocycles. The number of nitro benzene ring substituents is 3. The van der Waals surface area contributed by atoms with Gasteiger partial charge in [-0.1, -0.05) is 0 Å². The van der Waals surface area contributed by atoms with E-state index in [0.29, 0.717) is 108 Å². The van der Waals surface area contributed by atoms with Gasteiger partial charge in [0.25, 0.3) is 17.1 Å². The lowest BCUT2D eigenvalue weighted by Gasteiger charge is -2.18. The third kappa shape index (κ3) is 6.59. The first-order chi connectivity index (χ1) is 20.2. The SMILES string of the molecule is COc1c2cc([N+](=O)[O-])cc1CCCc1cc([N+](=O)[O-])cc(c1OC)CCCc1cc([N+](=O)[O-])cc(c1OC)CCC2. The first-order valence-corrected chi connectivity index (χ1v) is 13.7. The third-order valence-corrected chi connectivity index (χ3v) is 7.60. The van der Waals surface area contributed by atoms with Crippen LogP contribution in [-0.4, -0.2) is 36.1 Å². The number of aryl methyl sites for hydroxylation is 6. The molecule has 1 aliphatic rings. The molecule has 0 spiro atoms. The van der Waals surface area contributed by atoms with Crippen LogP contribution in [0.4, 0.5) is 17.1 Å². The molecule has 0 heterocycles. The second-order valence-electron chi connectivity index (χ2n) is 10.2. The van der Waals surface area contributed by atoms with Crippen LogP contribution in [0.25, 0.3) is 0 Å². The molecule has 6 bridgehead atoms. The van der Waals surface area contributed by atoms with Crippen molar-refractivity contribution < 1.29 is 29.0 Å². The Labute approximate surface area is 242 Å². The fraction of sp³-hybridized carbons (Fsp3) is 0.400. The van der Waals surface area contributed by atoms with Crippen LogP contribution in [0.5, 0.6) is 17.2 Å². The molecule has 12 nitrogen and oxygen atoms in total. The Morgan fingerprint density at radius 3 is 0.786 bits per heavy atom. The van der Waals surface area contributed by atoms with Gasteiger partial charge in [0.2, 0.25) is 0 Å². The van der Waals surface area contributed by atoms with Gasteiger partial charge in [-0.2, -0.15) is 0 Å². The van der Waals surface area contributed by atoms with Gasteiger partial charge in [0.05, 0.1) is 36.1 Å². The van der Waals surface area contributed by atoms with Gasteiger partial charge in [0.1, 0.15) is 17.2 Å². The summed E-state index contributed by atoms with van der Waals surface area (Å²) in [6.07, 6.45) is 4.34. The average Bonchev–Trinajstić information content (AvgIpc) is 2.96. The van der Waals surface area contributed by atoms with Crippen LogP contribution in [0, 0.1) is 30.3 Å². The van der Waals surface area contributed by atoms with E-state index < -0.39 is 14.8 Å². The molecular weight excluding hydrogens is 546 g/mol. The lowest BCUT2D eigenvalue weighted by atomic mass is 9.93. The van der Waals surface area contributed by atoms with Crippen LogP contribution < -0.4 is 14.2 Å². The van der Waals surface area contributed by atoms with Crippen molar-refractivity contribution in [2.45, 2.75) is 57.8 Å². The first-order valence-electron chi connectivity index (χ1n) is 13.7. The van der Waals surface area contributed by atoms with Gasteiger partial charge in [-0.05, 0) is 57.8 Å². The number of non-ortho nitro benzene ring substituents is 3. The maximum Gasteiger partial charge on any atom is 0.270 e. The summed E-state index contributed by atoms with van der Waals surface area (Å²) in [5.41, 5.74) is 3.85. The minimum Gasteiger partial charge on any atom is -0.496 e. The van der Waals surface area contributed by atoms with Crippen LogP contribution in [0.3, 0.4) is 0 Å². The third-order valence-electron chi connectivity index (χ3n) is 7.60. The summed E-state index contributed by atoms with van der Waals surface area (Å²) in [4.78, 5) is 34.0. The highest BCUT2D eigenvalue weighted by atomic mass is 16.6. The molecule has 0 aliphatic heterocycles. The number of rotatable bonds is 6. The van der Waals surface area contributed by atoms with E-state index in [1.807, 2.05) is 0 Å². The highest BCUT2D eigenvalue weighted by molar-refractivity contribution is 5.53. The summed E-state index contributed by atoms with van der Waals surface area (Å²) in [5, 5.41) is 35.4. The Morgan fingerprint density at radius 1 is 0.452 bits per heavy atom. The zero-order chi connectivity index (χ0) is 30.4. The Balaban J connectivity index is 1.86. The van der Waals surface area contributed by atoms with Crippen LogP contribution in [0.15, 0.2) is 36.4 Å². The van der Waals surface area contributed by atoms with Gasteiger partial charge in [-0.3, -0.25) is 30.3 Å². The molecule has 222 valence electrons. The molecule has 0 unspecified atom stereocenters. The quantitative estimate of drug-likeness (QED) is 0.242. The largest absolute Gasteiger partial charge is 0.496 e. The van der Waals surface area contributed by atoms with Crippen LogP contribution in [0.1, 0.15) is 52.6 Å². The van der Waals surface area contributed by atoms with E-state index in [1.54, 1.807) is 0 Å². The predicted octanol–water partition coefficient (Wildman–Crippen LogP) is 6.28. The molecule has 0 radical (unpaired) electrons. The van der Waals surface area contributed by atoms with Crippen molar-refractivity contribution in [2.24, 2.45) is 0 Å². The molecule has 1 aliphatic carbocycles. The van der Waals surface area contributed by atoms with Crippen molar-refractivity contribution in [2.75, 3.05) is 21.3 Å². The van der Waals surface area contributed by atoms with Crippen molar-refractivity contribution >= 4 is 17.1 Å². The molecule has 0 atom stereocenters. The molecule has 0 saturated heterocycles. The van der Waals surface area contributed by atoms with E-state index >= 15 is 0 Å². The number of nitro groups is 3. The summed E-state index contributed by atoms with van der Waals surface area (Å²) in [6, 6.07) is 9.04. The number of fused-ring (bicyclic) bond motifs is 6. The van der Waals surface area contributed by atoms with E-state index in [9.17, 15) is 30.3 Å². The molecular formula is C30H33N3O9. The van der Waals surface area contributed by atoms with E-state index in [1.165, 1.54) is 57.7 Å². The van der Waals surface area contributed by atoms with Crippen molar-refractivity contribution in [3.05, 3.63) is 100 Å². The molecule has 3 aromatic rings. The summed E-state index contributed by atoms with van der Waals surface area (Å²) in [5.74, 6) is 1.67. The normalized spacial score (nSPS) is 13.8. The average molecular weight is 580 g/mol. The van der Waals surface area contributed by atoms with Gasteiger partial charge in [0, 0.05) is 69.8 Å². The summed E-state index contributed by atoms with van der Waals surface area (Å²) in [6.45, 7) is 0. The maximum absolute atomic E-state index is 11.8. The Hall–Kier alpha value is -4.74. The minimum atomic E-state index is -0.440. The van der Waals surface area contributed by atoms with Crippen molar-refractivity contribution in [1.29, 1.82) is 0 Å². The number of ether oxygens (including phenoxy) is 3. The highest BCUT2D eigenvalue weighted by Gasteiger charge is 2.22. The second kappa shape index (κ2) is 13.3. The minimum absolute atomic E-state index is 0.0550. The molecule has 0 saturated carbocycles. The molecule has 12 heteroatoms. The Morgan fingerprint density at radius 2 is 0.643 bits per heavy atom. The maximum atomic E-state index is 11.8. The fourth-order valence-corrected chi connectivity index (χ4v) is 5.83. The molecule has 0 amide bonds. The Bertz CT molecular complexity index is 1270. The van der Waals surface area contributed by atoms with Crippen molar-refractivity contribution in [1.82, 2.24) is 0 Å². The number of benzene rings is 3. The molecule has 0 N–H and O–H groups in total. The monoisotopic (exact) mass is 579 g/mol. The van der Waals surface area contributed by atoms with E-state index in [-0.39, 0.29) is 17.1 Å². The Kier molecular flexibility index (Phi) is 9.56. The number of hydrogen-bond acceptors (Lipinski definition) is 9. The number of methoxy groups -OCH3 is 3. The van der Waals surface area contributed by atoms with Gasteiger partial charge in [0.15, 0.2) is 0 Å². The molecule has 42 heavy (non-hydrogen) atoms. The van der Waals surface area contributed by atoms with E-state index in [4.69, 9.17) is 14.2 Å². The zero-order valence-electron chi connectivity index (χ0n) is 23.8. The first kappa shape index (κ1) is 30.2. The zero-order valence-corrected chi connectivity index (χ0v) is 23.8. The fourth-order valence-electron chi connectivity index (χ4n) is 5.83. The molecule has 4 rings (SSSR count). The van der Waals surface area contributed by atoms with Gasteiger partial charge in [-0.25, -0.2) is 0 Å². The summed E-state index contributed by atoms with van der Waals surface area (Å²) < 4.78 is 17.2. The van der Waals surface area contributed by atoms with E-state index in [2.05, 4.69) is 0 Å².